The Bertz CT molecular complexity index is 1350. The lowest BCUT2D eigenvalue weighted by Crippen LogP contribution is -2.12. The van der Waals surface area contributed by atoms with Crippen LogP contribution in [0.15, 0.2) is 47.3 Å². The molecule has 2 heterocycles. The van der Waals surface area contributed by atoms with Crippen LogP contribution < -0.4 is 5.56 Å². The Morgan fingerprint density at radius 3 is 2.62 bits per heavy atom. The van der Waals surface area contributed by atoms with Gasteiger partial charge in [-0.25, -0.2) is 14.8 Å². The molecule has 0 spiro atoms. The van der Waals surface area contributed by atoms with Gasteiger partial charge in [-0.15, -0.1) is 0 Å². The van der Waals surface area contributed by atoms with Gasteiger partial charge in [0.05, 0.1) is 17.8 Å². The summed E-state index contributed by atoms with van der Waals surface area (Å²) in [4.78, 5) is 34.2. The minimum atomic E-state index is -0.676. The maximum absolute atomic E-state index is 13.2. The number of imidazole rings is 1. The smallest absolute Gasteiger partial charge is 0.359 e. The van der Waals surface area contributed by atoms with Crippen molar-refractivity contribution in [1.29, 1.82) is 0 Å². The molecule has 8 heteroatoms. The van der Waals surface area contributed by atoms with Gasteiger partial charge in [-0.1, -0.05) is 41.4 Å². The van der Waals surface area contributed by atoms with Gasteiger partial charge in [0.2, 0.25) is 0 Å². The van der Waals surface area contributed by atoms with E-state index >= 15 is 0 Å². The zero-order valence-corrected chi connectivity index (χ0v) is 17.1. The van der Waals surface area contributed by atoms with E-state index in [1.54, 1.807) is 60.7 Å². The van der Waals surface area contributed by atoms with Crippen LogP contribution in [-0.4, -0.2) is 26.9 Å². The Balaban J connectivity index is 2.25. The van der Waals surface area contributed by atoms with E-state index in [2.05, 4.69) is 9.97 Å². The highest BCUT2D eigenvalue weighted by molar-refractivity contribution is 6.34. The summed E-state index contributed by atoms with van der Waals surface area (Å²) in [6, 6.07) is 12.3. The topological polar surface area (TPSA) is 73.6 Å². The number of hydrogen-bond acceptors (Lipinski definition) is 5. The Morgan fingerprint density at radius 1 is 1.14 bits per heavy atom. The third kappa shape index (κ3) is 3.24. The van der Waals surface area contributed by atoms with Crippen LogP contribution in [0.25, 0.3) is 27.7 Å². The van der Waals surface area contributed by atoms with Gasteiger partial charge in [0.15, 0.2) is 5.69 Å². The summed E-state index contributed by atoms with van der Waals surface area (Å²) < 4.78 is 6.68. The van der Waals surface area contributed by atoms with E-state index in [1.807, 2.05) is 0 Å². The molecule has 4 rings (SSSR count). The van der Waals surface area contributed by atoms with Crippen LogP contribution in [0.2, 0.25) is 10.0 Å². The molecule has 146 valence electrons. The summed E-state index contributed by atoms with van der Waals surface area (Å²) in [6.45, 7) is 3.56. The third-order valence-corrected chi connectivity index (χ3v) is 5.08. The molecule has 0 aliphatic rings. The summed E-state index contributed by atoms with van der Waals surface area (Å²) in [5, 5.41) is 1.52. The van der Waals surface area contributed by atoms with Crippen molar-refractivity contribution in [1.82, 2.24) is 14.4 Å². The van der Waals surface area contributed by atoms with Crippen LogP contribution in [0.4, 0.5) is 0 Å². The molecule has 0 N–H and O–H groups in total. The van der Waals surface area contributed by atoms with Gasteiger partial charge in [0.25, 0.3) is 5.56 Å². The molecule has 0 fully saturated rings. The van der Waals surface area contributed by atoms with Crippen molar-refractivity contribution in [2.24, 2.45) is 0 Å². The number of rotatable bonds is 3. The van der Waals surface area contributed by atoms with E-state index in [1.165, 1.54) is 0 Å². The fraction of sp³-hybridized carbons (Fsp3) is 0.143. The summed E-state index contributed by atoms with van der Waals surface area (Å²) in [7, 11) is 0. The van der Waals surface area contributed by atoms with Crippen LogP contribution >= 0.6 is 23.2 Å². The van der Waals surface area contributed by atoms with Crippen molar-refractivity contribution in [2.45, 2.75) is 13.8 Å². The minimum absolute atomic E-state index is 0.0478. The first-order valence-corrected chi connectivity index (χ1v) is 9.62. The SMILES string of the molecule is CCOC(=O)c1nc(C)n2c1c(=O)nc(-c1ccccc1Cl)c1cc(Cl)ccc12. The number of halogens is 2. The van der Waals surface area contributed by atoms with E-state index in [0.29, 0.717) is 38.0 Å². The summed E-state index contributed by atoms with van der Waals surface area (Å²) >= 11 is 12.6. The number of aromatic nitrogens is 3. The second-order valence-corrected chi connectivity index (χ2v) is 7.16. The van der Waals surface area contributed by atoms with Crippen molar-refractivity contribution in [3.05, 3.63) is 74.4 Å². The maximum atomic E-state index is 13.2. The molecule has 0 amide bonds. The number of benzene rings is 2. The number of carbonyl (C=O) groups excluding carboxylic acids is 1. The first kappa shape index (κ1) is 19.4. The van der Waals surface area contributed by atoms with E-state index in [-0.39, 0.29) is 17.8 Å². The lowest BCUT2D eigenvalue weighted by Gasteiger charge is -2.05. The average molecular weight is 428 g/mol. The highest BCUT2D eigenvalue weighted by atomic mass is 35.5. The highest BCUT2D eigenvalue weighted by Crippen LogP contribution is 2.32. The number of nitrogens with zero attached hydrogens (tertiary/aromatic N) is 3. The van der Waals surface area contributed by atoms with Crippen LogP contribution in [0.5, 0.6) is 0 Å². The van der Waals surface area contributed by atoms with Gasteiger partial charge < -0.3 is 4.74 Å². The Kier molecular flexibility index (Phi) is 4.98. The monoisotopic (exact) mass is 427 g/mol. The van der Waals surface area contributed by atoms with E-state index < -0.39 is 11.5 Å². The van der Waals surface area contributed by atoms with Gasteiger partial charge in [-0.05, 0) is 38.1 Å². The van der Waals surface area contributed by atoms with Crippen LogP contribution in [0.3, 0.4) is 0 Å². The first-order valence-electron chi connectivity index (χ1n) is 8.87. The highest BCUT2D eigenvalue weighted by Gasteiger charge is 2.23. The van der Waals surface area contributed by atoms with Gasteiger partial charge in [0.1, 0.15) is 11.3 Å². The van der Waals surface area contributed by atoms with Crippen molar-refractivity contribution < 1.29 is 9.53 Å². The number of aryl methyl sites for hydroxylation is 1. The quantitative estimate of drug-likeness (QED) is 0.443. The number of ether oxygens (including phenoxy) is 1. The minimum Gasteiger partial charge on any atom is -0.461 e. The summed E-state index contributed by atoms with van der Waals surface area (Å²) in [5.74, 6) is -0.222. The molecule has 29 heavy (non-hydrogen) atoms. The lowest BCUT2D eigenvalue weighted by atomic mass is 10.1. The molecule has 4 aromatic rings. The molecule has 0 saturated carbocycles. The third-order valence-electron chi connectivity index (χ3n) is 4.51. The van der Waals surface area contributed by atoms with Crippen molar-refractivity contribution in [3.63, 3.8) is 0 Å². The molecule has 0 radical (unpaired) electrons. The Hall–Kier alpha value is -2.96. The Morgan fingerprint density at radius 2 is 1.90 bits per heavy atom. The number of carbonyl (C=O) groups is 1. The molecule has 0 bridgehead atoms. The molecule has 0 aliphatic heterocycles. The maximum Gasteiger partial charge on any atom is 0.359 e. The fourth-order valence-corrected chi connectivity index (χ4v) is 3.73. The molecular formula is C21H15Cl2N3O3. The fourth-order valence-electron chi connectivity index (χ4n) is 3.33. The van der Waals surface area contributed by atoms with Crippen molar-refractivity contribution in [3.8, 4) is 11.3 Å². The second kappa shape index (κ2) is 7.46. The standard InChI is InChI=1S/C21H15Cl2N3O3/c1-3-29-21(28)18-19-20(27)25-17(13-6-4-5-7-15(13)23)14-10-12(22)8-9-16(14)26(19)11(2)24-18/h4-10H,3H2,1-2H3. The van der Waals surface area contributed by atoms with Gasteiger partial charge >= 0.3 is 5.97 Å². The molecule has 0 unspecified atom stereocenters. The largest absolute Gasteiger partial charge is 0.461 e. The van der Waals surface area contributed by atoms with E-state index in [9.17, 15) is 9.59 Å². The predicted octanol–water partition coefficient (Wildman–Crippen LogP) is 4.70. The van der Waals surface area contributed by atoms with Crippen molar-refractivity contribution in [2.75, 3.05) is 6.61 Å². The lowest BCUT2D eigenvalue weighted by molar-refractivity contribution is 0.0522. The molecule has 2 aromatic carbocycles. The van der Waals surface area contributed by atoms with Crippen LogP contribution in [-0.2, 0) is 4.74 Å². The van der Waals surface area contributed by atoms with Gasteiger partial charge in [0, 0.05) is 21.0 Å². The molecular weight excluding hydrogens is 413 g/mol. The molecule has 2 aromatic heterocycles. The van der Waals surface area contributed by atoms with Gasteiger partial charge in [-0.2, -0.15) is 0 Å². The second-order valence-electron chi connectivity index (χ2n) is 6.32. The van der Waals surface area contributed by atoms with Crippen LogP contribution in [0, 0.1) is 6.92 Å². The zero-order valence-electron chi connectivity index (χ0n) is 15.6. The molecule has 6 nitrogen and oxygen atoms in total. The summed E-state index contributed by atoms with van der Waals surface area (Å²) in [6.07, 6.45) is 0. The number of fused-ring (bicyclic) bond motifs is 3. The number of esters is 1. The van der Waals surface area contributed by atoms with E-state index in [4.69, 9.17) is 27.9 Å². The Labute approximate surface area is 175 Å². The molecule has 0 aliphatic carbocycles. The first-order chi connectivity index (χ1) is 13.9. The molecule has 0 atom stereocenters. The predicted molar refractivity (Wildman–Crippen MR) is 113 cm³/mol. The summed E-state index contributed by atoms with van der Waals surface area (Å²) in [5.41, 5.74) is 0.937. The zero-order chi connectivity index (χ0) is 20.7. The number of hydrogen-bond donors (Lipinski definition) is 0. The van der Waals surface area contributed by atoms with Crippen molar-refractivity contribution >= 4 is 45.6 Å². The van der Waals surface area contributed by atoms with Crippen LogP contribution in [0.1, 0.15) is 23.2 Å². The normalized spacial score (nSPS) is 11.2. The molecule has 0 saturated heterocycles. The average Bonchev–Trinajstić information content (AvgIpc) is 2.98. The van der Waals surface area contributed by atoms with Gasteiger partial charge in [-0.3, -0.25) is 9.20 Å². The van der Waals surface area contributed by atoms with E-state index in [0.717, 1.165) is 0 Å².